The summed E-state index contributed by atoms with van der Waals surface area (Å²) in [6, 6.07) is 12.1. The van der Waals surface area contributed by atoms with E-state index in [0.29, 0.717) is 28.3 Å². The Labute approximate surface area is 163 Å². The smallest absolute Gasteiger partial charge is 0.136 e. The third-order valence-electron chi connectivity index (χ3n) is 3.46. The van der Waals surface area contributed by atoms with Crippen molar-refractivity contribution in [3.8, 4) is 11.5 Å². The summed E-state index contributed by atoms with van der Waals surface area (Å²) in [5, 5.41) is 4.35. The molecule has 1 heterocycles. The first-order valence-electron chi connectivity index (χ1n) is 6.82. The van der Waals surface area contributed by atoms with Crippen LogP contribution < -0.4 is 4.74 Å². The molecule has 0 aliphatic carbocycles. The third kappa shape index (κ3) is 3.62. The molecule has 3 aromatic rings. The van der Waals surface area contributed by atoms with Crippen molar-refractivity contribution < 1.29 is 42.2 Å². The van der Waals surface area contributed by atoms with E-state index in [4.69, 9.17) is 10.3 Å². The quantitative estimate of drug-likeness (QED) is 0.278. The van der Waals surface area contributed by atoms with Crippen molar-refractivity contribution in [3.63, 3.8) is 0 Å². The predicted molar refractivity (Wildman–Crippen MR) is 86.6 cm³/mol. The number of azide groups is 1. The molecule has 0 saturated heterocycles. The van der Waals surface area contributed by atoms with Gasteiger partial charge < -0.3 is 9.53 Å². The summed E-state index contributed by atoms with van der Waals surface area (Å²) in [6.45, 7) is 1.80. The van der Waals surface area contributed by atoms with E-state index in [0.717, 1.165) is 10.9 Å². The first kappa shape index (κ1) is 18.1. The maximum absolute atomic E-state index is 10.9. The molecule has 1 radical (unpaired) electrons. The van der Waals surface area contributed by atoms with E-state index < -0.39 is 0 Å². The molecule has 0 aliphatic rings. The molecule has 7 heteroatoms. The van der Waals surface area contributed by atoms with Crippen LogP contribution in [-0.4, -0.2) is 11.3 Å². The van der Waals surface area contributed by atoms with Gasteiger partial charge in [0.2, 0.25) is 0 Å². The molecule has 0 atom stereocenters. The number of ether oxygens (including phenoxy) is 1. The van der Waals surface area contributed by atoms with E-state index in [1.54, 1.807) is 55.6 Å². The van der Waals surface area contributed by atoms with Gasteiger partial charge in [0.1, 0.15) is 5.75 Å². The molecule has 0 N–H and O–H groups in total. The number of fused-ring (bicyclic) bond motifs is 1. The van der Waals surface area contributed by atoms with Gasteiger partial charge in [0, 0.05) is 54.9 Å². The Kier molecular flexibility index (Phi) is 6.04. The van der Waals surface area contributed by atoms with Crippen LogP contribution in [0, 0.1) is 6.92 Å². The zero-order valence-electron chi connectivity index (χ0n) is 12.8. The fourth-order valence-corrected chi connectivity index (χ4v) is 2.27. The van der Waals surface area contributed by atoms with Crippen LogP contribution in [0.3, 0.4) is 0 Å². The van der Waals surface area contributed by atoms with Crippen molar-refractivity contribution in [3.05, 3.63) is 70.2 Å². The van der Waals surface area contributed by atoms with Crippen LogP contribution in [0.1, 0.15) is 11.1 Å². The SMILES string of the molecule is Cc1c([C-]=O)cccc1Oc1ccnc2cc(N=[N+]=[N-])ccc12.[Y]. The number of carbonyl (C=O) groups excluding carboxylic acids is 1. The van der Waals surface area contributed by atoms with E-state index in [-0.39, 0.29) is 32.7 Å². The van der Waals surface area contributed by atoms with Gasteiger partial charge >= 0.3 is 0 Å². The van der Waals surface area contributed by atoms with Gasteiger partial charge in [-0.2, -0.15) is 6.07 Å². The fraction of sp³-hybridized carbons (Fsp3) is 0.0588. The van der Waals surface area contributed by atoms with Gasteiger partial charge in [-0.25, -0.2) is 0 Å². The number of benzene rings is 2. The number of aromatic nitrogens is 1. The Morgan fingerprint density at radius 2 is 2.04 bits per heavy atom. The van der Waals surface area contributed by atoms with Gasteiger partial charge in [0.15, 0.2) is 0 Å². The minimum Gasteiger partial charge on any atom is -0.469 e. The van der Waals surface area contributed by atoms with Crippen molar-refractivity contribution in [2.45, 2.75) is 6.92 Å². The van der Waals surface area contributed by atoms with E-state index in [9.17, 15) is 4.79 Å². The second-order valence-electron chi connectivity index (χ2n) is 4.83. The van der Waals surface area contributed by atoms with Gasteiger partial charge in [-0.1, -0.05) is 18.1 Å². The monoisotopic (exact) mass is 392 g/mol. The number of nitrogens with zero attached hydrogens (tertiary/aromatic N) is 4. The first-order chi connectivity index (χ1) is 11.2. The number of rotatable bonds is 4. The van der Waals surface area contributed by atoms with E-state index in [1.807, 2.05) is 6.29 Å². The van der Waals surface area contributed by atoms with E-state index in [2.05, 4.69) is 15.0 Å². The molecule has 0 bridgehead atoms. The molecule has 3 rings (SSSR count). The Balaban J connectivity index is 0.00000208. The minimum absolute atomic E-state index is 0. The topological polar surface area (TPSA) is 88.0 Å². The van der Waals surface area contributed by atoms with Crippen LogP contribution in [-0.2, 0) is 37.5 Å². The van der Waals surface area contributed by atoms with Gasteiger partial charge in [0.25, 0.3) is 0 Å². The van der Waals surface area contributed by atoms with Crippen LogP contribution in [0.4, 0.5) is 5.69 Å². The Bertz CT molecular complexity index is 952. The maximum Gasteiger partial charge on any atom is 0.136 e. The summed E-state index contributed by atoms with van der Waals surface area (Å²) in [4.78, 5) is 17.9. The van der Waals surface area contributed by atoms with Crippen LogP contribution in [0.25, 0.3) is 21.3 Å². The summed E-state index contributed by atoms with van der Waals surface area (Å²) in [7, 11) is 0. The van der Waals surface area contributed by atoms with E-state index in [1.165, 1.54) is 0 Å². The predicted octanol–water partition coefficient (Wildman–Crippen LogP) is 4.73. The average Bonchev–Trinajstić information content (AvgIpc) is 2.57. The summed E-state index contributed by atoms with van der Waals surface area (Å²) in [5.74, 6) is 1.19. The van der Waals surface area contributed by atoms with Crippen molar-refractivity contribution in [1.82, 2.24) is 4.98 Å². The van der Waals surface area contributed by atoms with Gasteiger partial charge in [-0.15, -0.1) is 17.2 Å². The number of hydrogen-bond donors (Lipinski definition) is 0. The Hall–Kier alpha value is -2.27. The van der Waals surface area contributed by atoms with Crippen LogP contribution in [0.2, 0.25) is 0 Å². The normalized spacial score (nSPS) is 9.71. The molecule has 0 unspecified atom stereocenters. The van der Waals surface area contributed by atoms with Crippen molar-refractivity contribution in [1.29, 1.82) is 0 Å². The van der Waals surface area contributed by atoms with Crippen LogP contribution in [0.15, 0.2) is 53.8 Å². The summed E-state index contributed by atoms with van der Waals surface area (Å²) < 4.78 is 5.94. The van der Waals surface area contributed by atoms with Crippen LogP contribution >= 0.6 is 0 Å². The third-order valence-corrected chi connectivity index (χ3v) is 3.46. The molecule has 0 aliphatic heterocycles. The van der Waals surface area contributed by atoms with Gasteiger partial charge in [-0.3, -0.25) is 4.98 Å². The van der Waals surface area contributed by atoms with Gasteiger partial charge in [0.05, 0.1) is 17.6 Å². The maximum atomic E-state index is 10.9. The molecule has 1 aromatic heterocycles. The zero-order chi connectivity index (χ0) is 16.2. The molecule has 2 aromatic carbocycles. The number of hydrogen-bond acceptors (Lipinski definition) is 4. The van der Waals surface area contributed by atoms with Crippen molar-refractivity contribution in [2.24, 2.45) is 5.11 Å². The molecule has 0 saturated carbocycles. The van der Waals surface area contributed by atoms with Crippen LogP contribution in [0.5, 0.6) is 11.5 Å². The summed E-state index contributed by atoms with van der Waals surface area (Å²) in [5.41, 5.74) is 10.8. The molecule has 0 amide bonds. The number of pyridine rings is 1. The molecular weight excluding hydrogens is 381 g/mol. The Morgan fingerprint density at radius 3 is 2.79 bits per heavy atom. The molecule has 24 heavy (non-hydrogen) atoms. The zero-order valence-corrected chi connectivity index (χ0v) is 15.6. The average molecular weight is 392 g/mol. The fourth-order valence-electron chi connectivity index (χ4n) is 2.27. The first-order valence-corrected chi connectivity index (χ1v) is 6.82. The summed E-state index contributed by atoms with van der Waals surface area (Å²) >= 11 is 0. The minimum atomic E-state index is 0. The molecule has 0 spiro atoms. The van der Waals surface area contributed by atoms with Crippen molar-refractivity contribution in [2.75, 3.05) is 0 Å². The molecule has 115 valence electrons. The van der Waals surface area contributed by atoms with Gasteiger partial charge in [-0.05, 0) is 29.8 Å². The molecular formula is C17H11N4O2Y-. The Morgan fingerprint density at radius 1 is 1.21 bits per heavy atom. The molecule has 6 nitrogen and oxygen atoms in total. The second-order valence-corrected chi connectivity index (χ2v) is 4.83. The van der Waals surface area contributed by atoms with Crippen molar-refractivity contribution >= 4 is 22.9 Å². The second kappa shape index (κ2) is 8.02. The standard InChI is InChI=1S/C17H11N4O2.Y/c1-11-12(10-22)3-2-4-16(11)23-17-7-8-19-15-9-13(20-21-18)5-6-14(15)17;/h2-9H,1H3;/q-1;. The van der Waals surface area contributed by atoms with E-state index >= 15 is 0 Å². The summed E-state index contributed by atoms with van der Waals surface area (Å²) in [6.07, 6.45) is 3.50. The largest absolute Gasteiger partial charge is 0.469 e. The molecule has 0 fully saturated rings.